The van der Waals surface area contributed by atoms with Gasteiger partial charge in [0.05, 0.1) is 32.3 Å². The van der Waals surface area contributed by atoms with Gasteiger partial charge in [-0.25, -0.2) is 13.2 Å². The molecule has 0 saturated heterocycles. The number of hydrogen-bond acceptors (Lipinski definition) is 6. The van der Waals surface area contributed by atoms with Crippen LogP contribution in [0.15, 0.2) is 47.4 Å². The van der Waals surface area contributed by atoms with Gasteiger partial charge in [0.25, 0.3) is 10.0 Å². The SMILES string of the molecule is COc1ccc(OC)c(C(C)NC(=O)Nc2ccc(S(=O)(=O)N(C)OC)cc2)c1. The molecule has 0 bridgehead atoms. The summed E-state index contributed by atoms with van der Waals surface area (Å²) >= 11 is 0. The molecular formula is C19H25N3O6S. The lowest BCUT2D eigenvalue weighted by atomic mass is 10.1. The van der Waals surface area contributed by atoms with E-state index in [1.807, 2.05) is 6.92 Å². The third kappa shape index (κ3) is 5.37. The van der Waals surface area contributed by atoms with Crippen molar-refractivity contribution in [2.45, 2.75) is 17.9 Å². The second-order valence-electron chi connectivity index (χ2n) is 6.05. The van der Waals surface area contributed by atoms with E-state index in [1.165, 1.54) is 38.4 Å². The Balaban J connectivity index is 2.08. The lowest BCUT2D eigenvalue weighted by molar-refractivity contribution is -0.0258. The second kappa shape index (κ2) is 9.59. The van der Waals surface area contributed by atoms with Gasteiger partial charge >= 0.3 is 6.03 Å². The van der Waals surface area contributed by atoms with Crippen LogP contribution in [0.1, 0.15) is 18.5 Å². The monoisotopic (exact) mass is 423 g/mol. The molecule has 1 unspecified atom stereocenters. The smallest absolute Gasteiger partial charge is 0.319 e. The molecule has 0 spiro atoms. The van der Waals surface area contributed by atoms with Crippen molar-refractivity contribution < 1.29 is 27.5 Å². The largest absolute Gasteiger partial charge is 0.497 e. The molecule has 1 atom stereocenters. The maximum Gasteiger partial charge on any atom is 0.319 e. The van der Waals surface area contributed by atoms with Crippen LogP contribution in [0.4, 0.5) is 10.5 Å². The molecule has 10 heteroatoms. The molecule has 0 aliphatic heterocycles. The fraction of sp³-hybridized carbons (Fsp3) is 0.316. The van der Waals surface area contributed by atoms with Crippen molar-refractivity contribution in [3.63, 3.8) is 0 Å². The Morgan fingerprint density at radius 3 is 2.24 bits per heavy atom. The average molecular weight is 423 g/mol. The third-order valence-corrected chi connectivity index (χ3v) is 5.95. The molecule has 2 rings (SSSR count). The van der Waals surface area contributed by atoms with Gasteiger partial charge in [-0.3, -0.25) is 4.84 Å². The molecule has 0 radical (unpaired) electrons. The number of carbonyl (C=O) groups is 1. The van der Waals surface area contributed by atoms with Gasteiger partial charge in [0, 0.05) is 18.3 Å². The van der Waals surface area contributed by atoms with Crippen LogP contribution in [0.2, 0.25) is 0 Å². The number of carbonyl (C=O) groups excluding carboxylic acids is 1. The number of nitrogens with zero attached hydrogens (tertiary/aromatic N) is 1. The van der Waals surface area contributed by atoms with Crippen molar-refractivity contribution in [1.82, 2.24) is 9.79 Å². The minimum absolute atomic E-state index is 0.0438. The van der Waals surface area contributed by atoms with Crippen molar-refractivity contribution in [1.29, 1.82) is 0 Å². The Morgan fingerprint density at radius 2 is 1.69 bits per heavy atom. The number of amides is 2. The summed E-state index contributed by atoms with van der Waals surface area (Å²) in [6.07, 6.45) is 0. The molecule has 0 aromatic heterocycles. The fourth-order valence-corrected chi connectivity index (χ4v) is 3.55. The molecule has 29 heavy (non-hydrogen) atoms. The summed E-state index contributed by atoms with van der Waals surface area (Å²) in [6, 6.07) is 10.3. The Bertz CT molecular complexity index is 947. The van der Waals surface area contributed by atoms with Gasteiger partial charge in [0.1, 0.15) is 11.5 Å². The molecule has 9 nitrogen and oxygen atoms in total. The predicted octanol–water partition coefficient (Wildman–Crippen LogP) is 2.77. The third-order valence-electron chi connectivity index (χ3n) is 4.26. The first-order valence-corrected chi connectivity index (χ1v) is 10.1. The second-order valence-corrected chi connectivity index (χ2v) is 7.99. The standard InChI is InChI=1S/C19H25N3O6S/c1-13(17-12-15(26-3)8-11-18(17)27-4)20-19(23)21-14-6-9-16(10-7-14)29(24,25)22(2)28-5/h6-13H,1-5H3,(H2,20,21,23). The van der Waals surface area contributed by atoms with Crippen molar-refractivity contribution in [3.05, 3.63) is 48.0 Å². The van der Waals surface area contributed by atoms with E-state index in [2.05, 4.69) is 10.6 Å². The van der Waals surface area contributed by atoms with E-state index in [4.69, 9.17) is 14.3 Å². The van der Waals surface area contributed by atoms with Crippen LogP contribution in [0, 0.1) is 0 Å². The molecule has 158 valence electrons. The zero-order valence-corrected chi connectivity index (χ0v) is 17.7. The Hall–Kier alpha value is -2.82. The molecule has 0 heterocycles. The highest BCUT2D eigenvalue weighted by Crippen LogP contribution is 2.29. The minimum atomic E-state index is -3.75. The van der Waals surface area contributed by atoms with Crippen LogP contribution in [0.3, 0.4) is 0 Å². The molecule has 2 amide bonds. The van der Waals surface area contributed by atoms with E-state index in [9.17, 15) is 13.2 Å². The Kier molecular flexibility index (Phi) is 7.43. The number of sulfonamides is 1. The molecule has 0 aliphatic carbocycles. The summed E-state index contributed by atoms with van der Waals surface area (Å²) in [6.45, 7) is 1.81. The summed E-state index contributed by atoms with van der Waals surface area (Å²) in [5.41, 5.74) is 1.19. The molecular weight excluding hydrogens is 398 g/mol. The van der Waals surface area contributed by atoms with Crippen LogP contribution in [-0.2, 0) is 14.9 Å². The molecule has 0 saturated carbocycles. The number of nitrogens with one attached hydrogen (secondary N) is 2. The zero-order chi connectivity index (χ0) is 21.6. The first-order chi connectivity index (χ1) is 13.7. The van der Waals surface area contributed by atoms with Crippen LogP contribution in [-0.4, -0.2) is 47.3 Å². The first-order valence-electron chi connectivity index (χ1n) is 8.65. The summed E-state index contributed by atoms with van der Waals surface area (Å²) in [4.78, 5) is 17.1. The lowest BCUT2D eigenvalue weighted by Gasteiger charge is -2.19. The summed E-state index contributed by atoms with van der Waals surface area (Å²) in [5, 5.41) is 5.48. The van der Waals surface area contributed by atoms with Gasteiger partial charge in [-0.1, -0.05) is 4.47 Å². The fourth-order valence-electron chi connectivity index (χ4n) is 2.58. The molecule has 0 aliphatic rings. The number of ether oxygens (including phenoxy) is 2. The number of rotatable bonds is 8. The van der Waals surface area contributed by atoms with E-state index in [-0.39, 0.29) is 10.9 Å². The van der Waals surface area contributed by atoms with Crippen molar-refractivity contribution in [3.8, 4) is 11.5 Å². The maximum absolute atomic E-state index is 12.3. The maximum atomic E-state index is 12.3. The highest BCUT2D eigenvalue weighted by molar-refractivity contribution is 7.89. The quantitative estimate of drug-likeness (QED) is 0.633. The van der Waals surface area contributed by atoms with E-state index in [1.54, 1.807) is 32.4 Å². The Labute approximate surface area is 170 Å². The van der Waals surface area contributed by atoms with Crippen LogP contribution >= 0.6 is 0 Å². The zero-order valence-electron chi connectivity index (χ0n) is 16.9. The topological polar surface area (TPSA) is 106 Å². The number of methoxy groups -OCH3 is 2. The van der Waals surface area contributed by atoms with Gasteiger partial charge in [0.2, 0.25) is 0 Å². The average Bonchev–Trinajstić information content (AvgIpc) is 2.72. The van der Waals surface area contributed by atoms with Gasteiger partial charge in [0.15, 0.2) is 0 Å². The summed E-state index contributed by atoms with van der Waals surface area (Å²) in [5.74, 6) is 1.27. The van der Waals surface area contributed by atoms with Gasteiger partial charge in [-0.2, -0.15) is 0 Å². The van der Waals surface area contributed by atoms with E-state index in [0.717, 1.165) is 10.0 Å². The van der Waals surface area contributed by atoms with Crippen molar-refractivity contribution in [2.75, 3.05) is 33.7 Å². The molecule has 2 aromatic carbocycles. The molecule has 2 aromatic rings. The summed E-state index contributed by atoms with van der Waals surface area (Å²) in [7, 11) is 1.92. The molecule has 2 N–H and O–H groups in total. The van der Waals surface area contributed by atoms with E-state index < -0.39 is 16.1 Å². The Morgan fingerprint density at radius 1 is 1.03 bits per heavy atom. The lowest BCUT2D eigenvalue weighted by Crippen LogP contribution is -2.31. The van der Waals surface area contributed by atoms with Gasteiger partial charge < -0.3 is 20.1 Å². The van der Waals surface area contributed by atoms with Crippen molar-refractivity contribution >= 4 is 21.7 Å². The minimum Gasteiger partial charge on any atom is -0.497 e. The first kappa shape index (κ1) is 22.5. The molecule has 0 fully saturated rings. The van der Waals surface area contributed by atoms with Crippen LogP contribution < -0.4 is 20.1 Å². The number of urea groups is 1. The number of benzene rings is 2. The van der Waals surface area contributed by atoms with Crippen molar-refractivity contribution in [2.24, 2.45) is 0 Å². The van der Waals surface area contributed by atoms with Crippen LogP contribution in [0.25, 0.3) is 0 Å². The highest BCUT2D eigenvalue weighted by Gasteiger charge is 2.21. The van der Waals surface area contributed by atoms with Gasteiger partial charge in [-0.15, -0.1) is 0 Å². The van der Waals surface area contributed by atoms with E-state index >= 15 is 0 Å². The van der Waals surface area contributed by atoms with E-state index in [0.29, 0.717) is 17.2 Å². The van der Waals surface area contributed by atoms with Gasteiger partial charge in [-0.05, 0) is 49.4 Å². The normalized spacial score (nSPS) is 12.3. The summed E-state index contributed by atoms with van der Waals surface area (Å²) < 4.78 is 35.7. The highest BCUT2D eigenvalue weighted by atomic mass is 32.2. The number of hydrogen-bond donors (Lipinski definition) is 2. The number of anilines is 1. The number of hydroxylamine groups is 1. The van der Waals surface area contributed by atoms with Crippen LogP contribution in [0.5, 0.6) is 11.5 Å². The predicted molar refractivity (Wildman–Crippen MR) is 109 cm³/mol.